The minimum absolute atomic E-state index is 0.212. The molecule has 0 spiro atoms. The highest BCUT2D eigenvalue weighted by Gasteiger charge is 2.02. The average Bonchev–Trinajstić information content (AvgIpc) is 2.85. The van der Waals surface area contributed by atoms with Gasteiger partial charge in [-0.15, -0.1) is 0 Å². The third-order valence-electron chi connectivity index (χ3n) is 2.44. The Bertz CT molecular complexity index is 328. The van der Waals surface area contributed by atoms with Crippen molar-refractivity contribution >= 4 is 11.7 Å². The molecule has 3 N–H and O–H groups in total. The van der Waals surface area contributed by atoms with E-state index < -0.39 is 0 Å². The molecule has 2 amide bonds. The highest BCUT2D eigenvalue weighted by molar-refractivity contribution is 5.88. The largest absolute Gasteiger partial charge is 0.383 e. The van der Waals surface area contributed by atoms with E-state index in [1.807, 2.05) is 7.05 Å². The Morgan fingerprint density at radius 1 is 1.56 bits per heavy atom. The van der Waals surface area contributed by atoms with Gasteiger partial charge in [-0.05, 0) is 20.0 Å². The number of aromatic nitrogens is 2. The molecule has 1 heterocycles. The molecule has 18 heavy (non-hydrogen) atoms. The van der Waals surface area contributed by atoms with Crippen molar-refractivity contribution in [1.82, 2.24) is 20.4 Å². The fraction of sp³-hybridized carbons (Fsp3) is 0.636. The maximum absolute atomic E-state index is 11.4. The summed E-state index contributed by atoms with van der Waals surface area (Å²) in [6.07, 6.45) is 4.08. The lowest BCUT2D eigenvalue weighted by atomic mass is 10.4. The first-order valence-corrected chi connectivity index (χ1v) is 5.93. The van der Waals surface area contributed by atoms with Crippen molar-refractivity contribution in [3.63, 3.8) is 0 Å². The second kappa shape index (κ2) is 8.48. The lowest BCUT2D eigenvalue weighted by molar-refractivity contribution is 0.160. The van der Waals surface area contributed by atoms with Crippen molar-refractivity contribution in [3.05, 3.63) is 12.4 Å². The maximum Gasteiger partial charge on any atom is 0.319 e. The molecule has 0 aliphatic rings. The number of H-pyrrole nitrogens is 1. The molecule has 0 aliphatic carbocycles. The molecular weight excluding hydrogens is 234 g/mol. The van der Waals surface area contributed by atoms with Crippen LogP contribution in [0.5, 0.6) is 0 Å². The van der Waals surface area contributed by atoms with Gasteiger partial charge >= 0.3 is 6.03 Å². The zero-order chi connectivity index (χ0) is 13.2. The van der Waals surface area contributed by atoms with E-state index in [2.05, 4.69) is 25.7 Å². The van der Waals surface area contributed by atoms with Gasteiger partial charge in [-0.1, -0.05) is 0 Å². The summed E-state index contributed by atoms with van der Waals surface area (Å²) in [5, 5.41) is 11.8. The summed E-state index contributed by atoms with van der Waals surface area (Å²) >= 11 is 0. The van der Waals surface area contributed by atoms with E-state index in [9.17, 15) is 4.79 Å². The molecule has 0 aromatic carbocycles. The predicted octanol–water partition coefficient (Wildman–Crippen LogP) is 0.500. The van der Waals surface area contributed by atoms with Gasteiger partial charge in [0, 0.05) is 26.4 Å². The summed E-state index contributed by atoms with van der Waals surface area (Å²) in [4.78, 5) is 13.6. The maximum atomic E-state index is 11.4. The number of ether oxygens (including phenoxy) is 1. The highest BCUT2D eigenvalue weighted by Crippen LogP contribution is 1.99. The Balaban J connectivity index is 2.02. The fourth-order valence-corrected chi connectivity index (χ4v) is 1.40. The number of likely N-dealkylation sites (N-methyl/N-ethyl adjacent to an activating group) is 1. The van der Waals surface area contributed by atoms with Crippen molar-refractivity contribution in [3.8, 4) is 0 Å². The standard InChI is InChI=1S/C11H21N5O2/c1-16(6-7-18-2)5-3-4-12-11(17)15-10-8-13-14-9-10/h8-9H,3-7H2,1-2H3,(H,13,14)(H2,12,15,17). The van der Waals surface area contributed by atoms with E-state index in [0.29, 0.717) is 12.2 Å². The van der Waals surface area contributed by atoms with Gasteiger partial charge in [0.2, 0.25) is 0 Å². The van der Waals surface area contributed by atoms with Crippen molar-refractivity contribution in [2.24, 2.45) is 0 Å². The molecule has 0 fully saturated rings. The van der Waals surface area contributed by atoms with Gasteiger partial charge in [0.1, 0.15) is 0 Å². The van der Waals surface area contributed by atoms with E-state index >= 15 is 0 Å². The number of hydrogen-bond acceptors (Lipinski definition) is 4. The molecule has 0 atom stereocenters. The smallest absolute Gasteiger partial charge is 0.319 e. The number of anilines is 1. The Morgan fingerprint density at radius 2 is 2.39 bits per heavy atom. The molecule has 0 bridgehead atoms. The Morgan fingerprint density at radius 3 is 3.06 bits per heavy atom. The number of nitrogens with zero attached hydrogens (tertiary/aromatic N) is 2. The normalized spacial score (nSPS) is 10.6. The molecule has 0 aliphatic heterocycles. The molecule has 7 heteroatoms. The van der Waals surface area contributed by atoms with Gasteiger partial charge in [0.05, 0.1) is 18.5 Å². The highest BCUT2D eigenvalue weighted by atomic mass is 16.5. The molecule has 1 rings (SSSR count). The molecule has 102 valence electrons. The van der Waals surface area contributed by atoms with Crippen LogP contribution in [-0.4, -0.2) is 61.5 Å². The number of aromatic amines is 1. The molecule has 7 nitrogen and oxygen atoms in total. The lowest BCUT2D eigenvalue weighted by Gasteiger charge is -2.15. The van der Waals surface area contributed by atoms with E-state index in [0.717, 1.165) is 26.1 Å². The summed E-state index contributed by atoms with van der Waals surface area (Å²) < 4.78 is 4.99. The fourth-order valence-electron chi connectivity index (χ4n) is 1.40. The van der Waals surface area contributed by atoms with Gasteiger partial charge in [0.15, 0.2) is 0 Å². The minimum Gasteiger partial charge on any atom is -0.383 e. The molecule has 0 saturated heterocycles. The SMILES string of the molecule is COCCN(C)CCCNC(=O)Nc1cn[nH]c1. The molecular formula is C11H21N5O2. The average molecular weight is 255 g/mol. The summed E-state index contributed by atoms with van der Waals surface area (Å²) in [7, 11) is 3.72. The zero-order valence-corrected chi connectivity index (χ0v) is 10.9. The van der Waals surface area contributed by atoms with Crippen LogP contribution >= 0.6 is 0 Å². The lowest BCUT2D eigenvalue weighted by Crippen LogP contribution is -2.32. The van der Waals surface area contributed by atoms with Crippen molar-refractivity contribution in [2.45, 2.75) is 6.42 Å². The van der Waals surface area contributed by atoms with Crippen LogP contribution in [0.4, 0.5) is 10.5 Å². The number of urea groups is 1. The zero-order valence-electron chi connectivity index (χ0n) is 10.9. The summed E-state index contributed by atoms with van der Waals surface area (Å²) in [5.41, 5.74) is 0.657. The van der Waals surface area contributed by atoms with Crippen LogP contribution in [0.2, 0.25) is 0 Å². The Labute approximate surface area is 107 Å². The number of rotatable bonds is 8. The number of carbonyl (C=O) groups excluding carboxylic acids is 1. The number of amides is 2. The minimum atomic E-state index is -0.212. The molecule has 1 aromatic heterocycles. The summed E-state index contributed by atoms with van der Waals surface area (Å²) in [6.45, 7) is 3.19. The predicted molar refractivity (Wildman–Crippen MR) is 69.6 cm³/mol. The first-order valence-electron chi connectivity index (χ1n) is 5.93. The number of hydrogen-bond donors (Lipinski definition) is 3. The van der Waals surface area contributed by atoms with Crippen molar-refractivity contribution in [1.29, 1.82) is 0 Å². The van der Waals surface area contributed by atoms with E-state index in [1.165, 1.54) is 0 Å². The first kappa shape index (κ1) is 14.5. The monoisotopic (exact) mass is 255 g/mol. The number of methoxy groups -OCH3 is 1. The molecule has 0 radical (unpaired) electrons. The van der Waals surface area contributed by atoms with Crippen LogP contribution in [0.1, 0.15) is 6.42 Å². The third kappa shape index (κ3) is 6.21. The topological polar surface area (TPSA) is 82.3 Å². The van der Waals surface area contributed by atoms with Crippen molar-refractivity contribution in [2.75, 3.05) is 45.7 Å². The van der Waals surface area contributed by atoms with Gasteiger partial charge in [-0.2, -0.15) is 5.10 Å². The van der Waals surface area contributed by atoms with Crippen LogP contribution in [0.25, 0.3) is 0 Å². The molecule has 1 aromatic rings. The van der Waals surface area contributed by atoms with Crippen LogP contribution in [-0.2, 0) is 4.74 Å². The van der Waals surface area contributed by atoms with E-state index in [-0.39, 0.29) is 6.03 Å². The Hall–Kier alpha value is -1.60. The van der Waals surface area contributed by atoms with E-state index in [4.69, 9.17) is 4.74 Å². The second-order valence-electron chi connectivity index (χ2n) is 4.02. The van der Waals surface area contributed by atoms with Crippen LogP contribution in [0, 0.1) is 0 Å². The summed E-state index contributed by atoms with van der Waals surface area (Å²) in [6, 6.07) is -0.212. The van der Waals surface area contributed by atoms with E-state index in [1.54, 1.807) is 19.5 Å². The van der Waals surface area contributed by atoms with Gasteiger partial charge < -0.3 is 20.3 Å². The first-order chi connectivity index (χ1) is 8.72. The molecule has 0 saturated carbocycles. The van der Waals surface area contributed by atoms with Crippen LogP contribution < -0.4 is 10.6 Å². The van der Waals surface area contributed by atoms with Crippen LogP contribution in [0.3, 0.4) is 0 Å². The second-order valence-corrected chi connectivity index (χ2v) is 4.02. The Kier molecular flexibility index (Phi) is 6.82. The van der Waals surface area contributed by atoms with Crippen LogP contribution in [0.15, 0.2) is 12.4 Å². The number of nitrogens with one attached hydrogen (secondary N) is 3. The number of carbonyl (C=O) groups is 1. The van der Waals surface area contributed by atoms with Gasteiger partial charge in [0.25, 0.3) is 0 Å². The van der Waals surface area contributed by atoms with Gasteiger partial charge in [-0.25, -0.2) is 4.79 Å². The third-order valence-corrected chi connectivity index (χ3v) is 2.44. The quantitative estimate of drug-likeness (QED) is 0.591. The summed E-state index contributed by atoms with van der Waals surface area (Å²) in [5.74, 6) is 0. The molecule has 0 unspecified atom stereocenters. The van der Waals surface area contributed by atoms with Crippen molar-refractivity contribution < 1.29 is 9.53 Å². The van der Waals surface area contributed by atoms with Gasteiger partial charge in [-0.3, -0.25) is 5.10 Å².